The highest BCUT2D eigenvalue weighted by atomic mass is 32.2. The fourth-order valence-electron chi connectivity index (χ4n) is 5.00. The molecule has 0 fully saturated rings. The molecule has 0 aliphatic heterocycles. The number of nitrogens with one attached hydrogen (secondary N) is 2. The van der Waals surface area contributed by atoms with E-state index in [9.17, 15) is 18.0 Å². The molecule has 3 rings (SSSR count). The van der Waals surface area contributed by atoms with Gasteiger partial charge in [0.25, 0.3) is 0 Å². The lowest BCUT2D eigenvalue weighted by Crippen LogP contribution is -2.31. The quantitative estimate of drug-likeness (QED) is 0.0553. The highest BCUT2D eigenvalue weighted by molar-refractivity contribution is 8.01. The van der Waals surface area contributed by atoms with E-state index in [1.54, 1.807) is 45.2 Å². The van der Waals surface area contributed by atoms with Crippen LogP contribution in [0.2, 0.25) is 0 Å². The number of thioether (sulfide) groups is 1. The predicted octanol–water partition coefficient (Wildman–Crippen LogP) is 8.87. The average molecular weight is 701 g/mol. The molecule has 0 saturated heterocycles. The van der Waals surface area contributed by atoms with Gasteiger partial charge in [0.15, 0.2) is 0 Å². The molecule has 0 aliphatic rings. The van der Waals surface area contributed by atoms with Crippen LogP contribution in [0, 0.1) is 6.92 Å². The Morgan fingerprint density at radius 1 is 0.979 bits per heavy atom. The summed E-state index contributed by atoms with van der Waals surface area (Å²) in [4.78, 5) is 29.4. The largest absolute Gasteiger partial charge is 0.444 e. The minimum Gasteiger partial charge on any atom is -0.444 e. The Kier molecular flexibility index (Phi) is 15.0. The second-order valence-corrected chi connectivity index (χ2v) is 16.3. The molecule has 2 aromatic carbocycles. The molecule has 1 aromatic heterocycles. The third-order valence-corrected chi connectivity index (χ3v) is 11.5. The second-order valence-electron chi connectivity index (χ2n) is 12.3. The van der Waals surface area contributed by atoms with Crippen LogP contribution in [0.15, 0.2) is 67.5 Å². The molecule has 0 atom stereocenters. The van der Waals surface area contributed by atoms with Crippen molar-refractivity contribution in [3.05, 3.63) is 54.1 Å². The Bertz CT molecular complexity index is 1630. The lowest BCUT2D eigenvalue weighted by atomic mass is 9.98. The molecule has 0 bridgehead atoms. The van der Waals surface area contributed by atoms with E-state index in [0.29, 0.717) is 26.9 Å². The highest BCUT2D eigenvalue weighted by Crippen LogP contribution is 2.41. The minimum absolute atomic E-state index is 0.0549. The van der Waals surface area contributed by atoms with Gasteiger partial charge < -0.3 is 15.8 Å². The van der Waals surface area contributed by atoms with Crippen LogP contribution in [-0.4, -0.2) is 45.2 Å². The number of anilines is 1. The lowest BCUT2D eigenvalue weighted by Gasteiger charge is -2.18. The van der Waals surface area contributed by atoms with Gasteiger partial charge in [-0.05, 0) is 88.7 Å². The third-order valence-electron chi connectivity index (χ3n) is 7.24. The van der Waals surface area contributed by atoms with E-state index in [1.807, 2.05) is 31.2 Å². The number of ether oxygens (including phenoxy) is 1. The van der Waals surface area contributed by atoms with Crippen molar-refractivity contribution in [1.82, 2.24) is 5.32 Å². The van der Waals surface area contributed by atoms with Gasteiger partial charge in [0.05, 0.1) is 20.3 Å². The van der Waals surface area contributed by atoms with Crippen molar-refractivity contribution in [3.63, 3.8) is 0 Å². The van der Waals surface area contributed by atoms with Crippen molar-refractivity contribution in [2.45, 2.75) is 105 Å². The van der Waals surface area contributed by atoms with Crippen molar-refractivity contribution in [2.75, 3.05) is 18.1 Å². The number of rotatable bonds is 17. The number of hydrogen-bond acceptors (Lipinski definition) is 9. The number of hydrogen-bond donors (Lipinski definition) is 3. The normalized spacial score (nSPS) is 12.0. The van der Waals surface area contributed by atoms with Gasteiger partial charge in [-0.15, -0.1) is 23.1 Å². The van der Waals surface area contributed by atoms with Crippen LogP contribution < -0.4 is 16.4 Å². The molecule has 47 heavy (non-hydrogen) atoms. The number of carbonyl (C=O) groups excluding carboxylic acids is 2. The van der Waals surface area contributed by atoms with Gasteiger partial charge in [-0.3, -0.25) is 10.1 Å². The van der Waals surface area contributed by atoms with Gasteiger partial charge in [-0.1, -0.05) is 62.8 Å². The number of amides is 2. The standard InChI is InChI=1S/C35H48N4O5S3/c1-25-16-14-19-28(39-30(40)20-12-10-8-6-7-9-11-13-21-36)32(25)26-17-15-18-27(22-26)47(42,43)29-23-31(46-33(29)45-5)37-24-38-34(41)44-35(2,3)4/h14-19,22-24H,6-13,20-21,36H2,1-5H3,(H,39,40)(H,37,38,41). The van der Waals surface area contributed by atoms with Crippen molar-refractivity contribution in [1.29, 1.82) is 0 Å². The summed E-state index contributed by atoms with van der Waals surface area (Å²) in [6, 6.07) is 14.0. The first kappa shape index (κ1) is 38.3. The fraction of sp³-hybridized carbons (Fsp3) is 0.457. The maximum atomic E-state index is 13.9. The Labute approximate surface area is 288 Å². The number of aliphatic imine (C=N–C) groups is 1. The molecule has 0 unspecified atom stereocenters. The summed E-state index contributed by atoms with van der Waals surface area (Å²) in [6.45, 7) is 7.97. The van der Waals surface area contributed by atoms with E-state index >= 15 is 0 Å². The Morgan fingerprint density at radius 3 is 2.30 bits per heavy atom. The zero-order valence-corrected chi connectivity index (χ0v) is 30.5. The van der Waals surface area contributed by atoms with Crippen molar-refractivity contribution in [3.8, 4) is 11.1 Å². The monoisotopic (exact) mass is 700 g/mol. The predicted molar refractivity (Wildman–Crippen MR) is 195 cm³/mol. The van der Waals surface area contributed by atoms with E-state index in [2.05, 4.69) is 15.6 Å². The zero-order valence-electron chi connectivity index (χ0n) is 28.1. The molecule has 0 saturated carbocycles. The van der Waals surface area contributed by atoms with Crippen molar-refractivity contribution >= 4 is 62.0 Å². The van der Waals surface area contributed by atoms with Gasteiger partial charge in [0, 0.05) is 17.7 Å². The molecular formula is C35H48N4O5S3. The summed E-state index contributed by atoms with van der Waals surface area (Å²) in [5, 5.41) is 5.94. The van der Waals surface area contributed by atoms with Crippen LogP contribution in [0.25, 0.3) is 11.1 Å². The highest BCUT2D eigenvalue weighted by Gasteiger charge is 2.25. The Hall–Kier alpha value is -3.19. The smallest absolute Gasteiger partial charge is 0.412 e. The van der Waals surface area contributed by atoms with Crippen molar-refractivity contribution < 1.29 is 22.7 Å². The first-order chi connectivity index (χ1) is 22.4. The maximum absolute atomic E-state index is 13.9. The number of carbonyl (C=O) groups is 2. The molecule has 4 N–H and O–H groups in total. The van der Waals surface area contributed by atoms with E-state index in [-0.39, 0.29) is 15.7 Å². The van der Waals surface area contributed by atoms with Crippen LogP contribution in [0.4, 0.5) is 15.5 Å². The van der Waals surface area contributed by atoms with Gasteiger partial charge >= 0.3 is 6.09 Å². The van der Waals surface area contributed by atoms with E-state index < -0.39 is 21.5 Å². The molecule has 0 aliphatic carbocycles. The molecular weight excluding hydrogens is 653 g/mol. The van der Waals surface area contributed by atoms with E-state index in [4.69, 9.17) is 10.5 Å². The number of nitrogens with zero attached hydrogens (tertiary/aromatic N) is 1. The van der Waals surface area contributed by atoms with Gasteiger partial charge in [0.1, 0.15) is 10.6 Å². The molecule has 2 amide bonds. The maximum Gasteiger partial charge on any atom is 0.412 e. The van der Waals surface area contributed by atoms with Crippen molar-refractivity contribution in [2.24, 2.45) is 10.7 Å². The van der Waals surface area contributed by atoms with E-state index in [1.165, 1.54) is 61.2 Å². The summed E-state index contributed by atoms with van der Waals surface area (Å²) in [5.74, 6) is -0.0549. The molecule has 256 valence electrons. The zero-order chi connectivity index (χ0) is 34.5. The van der Waals surface area contributed by atoms with Crippen LogP contribution in [0.5, 0.6) is 0 Å². The number of nitrogens with two attached hydrogens (primary N) is 1. The number of sulfone groups is 1. The molecule has 9 nitrogen and oxygen atoms in total. The van der Waals surface area contributed by atoms with Gasteiger partial charge in [-0.2, -0.15) is 0 Å². The first-order valence-electron chi connectivity index (χ1n) is 16.0. The molecule has 0 spiro atoms. The number of thiophene rings is 1. The number of benzene rings is 2. The van der Waals surface area contributed by atoms with Crippen LogP contribution in [0.1, 0.15) is 84.1 Å². The summed E-state index contributed by atoms with van der Waals surface area (Å²) < 4.78 is 33.6. The number of alkyl carbamates (subject to hydrolysis) is 1. The van der Waals surface area contributed by atoms with Gasteiger partial charge in [0.2, 0.25) is 15.7 Å². The minimum atomic E-state index is -3.92. The topological polar surface area (TPSA) is 140 Å². The summed E-state index contributed by atoms with van der Waals surface area (Å²) >= 11 is 2.53. The van der Waals surface area contributed by atoms with Crippen LogP contribution in [-0.2, 0) is 19.4 Å². The lowest BCUT2D eigenvalue weighted by molar-refractivity contribution is -0.116. The molecule has 1 heterocycles. The third kappa shape index (κ3) is 12.1. The fourth-order valence-corrected chi connectivity index (χ4v) is 8.87. The Balaban J connectivity index is 1.73. The molecule has 3 aromatic rings. The summed E-state index contributed by atoms with van der Waals surface area (Å²) in [5.41, 5.74) is 7.94. The van der Waals surface area contributed by atoms with Gasteiger partial charge in [-0.25, -0.2) is 18.2 Å². The first-order valence-corrected chi connectivity index (χ1v) is 19.5. The second kappa shape index (κ2) is 18.4. The summed E-state index contributed by atoms with van der Waals surface area (Å²) in [7, 11) is -3.92. The number of aryl methyl sites for hydroxylation is 1. The number of unbranched alkanes of at least 4 members (excludes halogenated alkanes) is 7. The van der Waals surface area contributed by atoms with Crippen LogP contribution >= 0.6 is 23.1 Å². The summed E-state index contributed by atoms with van der Waals surface area (Å²) in [6.07, 6.45) is 11.6. The molecule has 12 heteroatoms. The SMILES string of the molecule is CSc1sc(/N=C/NC(=O)OC(C)(C)C)cc1S(=O)(=O)c1cccc(-c2c(C)cccc2NC(=O)CCCCCCCCCCN)c1. The average Bonchev–Trinajstić information content (AvgIpc) is 3.44. The van der Waals surface area contributed by atoms with Crippen LogP contribution in [0.3, 0.4) is 0 Å². The molecule has 0 radical (unpaired) electrons. The Morgan fingerprint density at radius 2 is 1.64 bits per heavy atom. The van der Waals surface area contributed by atoms with E-state index in [0.717, 1.165) is 43.4 Å².